The van der Waals surface area contributed by atoms with E-state index in [0.29, 0.717) is 18.8 Å². The smallest absolute Gasteiger partial charge is 0.272 e. The largest absolute Gasteiger partial charge is 0.363 e. The first-order valence-corrected chi connectivity index (χ1v) is 10.1. The van der Waals surface area contributed by atoms with Gasteiger partial charge >= 0.3 is 0 Å². The lowest BCUT2D eigenvalue weighted by Crippen LogP contribution is -2.49. The first-order valence-electron chi connectivity index (χ1n) is 10.1. The van der Waals surface area contributed by atoms with Crippen molar-refractivity contribution in [1.29, 1.82) is 0 Å². The van der Waals surface area contributed by atoms with E-state index in [2.05, 4.69) is 20.0 Å². The lowest BCUT2D eigenvalue weighted by Gasteiger charge is -2.35. The summed E-state index contributed by atoms with van der Waals surface area (Å²) in [6.07, 6.45) is 0. The molecule has 3 aromatic rings. The number of rotatable bonds is 4. The van der Waals surface area contributed by atoms with Crippen LogP contribution in [0.1, 0.15) is 16.3 Å². The lowest BCUT2D eigenvalue weighted by molar-refractivity contribution is 0.0735. The van der Waals surface area contributed by atoms with Gasteiger partial charge < -0.3 is 14.7 Å². The minimum absolute atomic E-state index is 0.0136. The monoisotopic (exact) mass is 405 g/mol. The molecule has 30 heavy (non-hydrogen) atoms. The van der Waals surface area contributed by atoms with Gasteiger partial charge in [0, 0.05) is 59.0 Å². The fraction of sp³-hybridized carbons (Fsp3) is 0.364. The zero-order valence-electron chi connectivity index (χ0n) is 17.9. The predicted octanol–water partition coefficient (Wildman–Crippen LogP) is 2.21. The van der Waals surface area contributed by atoms with Gasteiger partial charge in [-0.3, -0.25) is 9.48 Å². The molecular weight excluding hydrogens is 378 g/mol. The summed E-state index contributed by atoms with van der Waals surface area (Å²) in [7, 11) is 5.77. The number of benzene rings is 1. The molecular formula is C22H27N7O. The molecule has 156 valence electrons. The molecule has 8 nitrogen and oxygen atoms in total. The van der Waals surface area contributed by atoms with Crippen LogP contribution in [0.25, 0.3) is 11.3 Å². The van der Waals surface area contributed by atoms with Crippen molar-refractivity contribution in [3.63, 3.8) is 0 Å². The number of piperazine rings is 1. The van der Waals surface area contributed by atoms with Crippen LogP contribution in [0.3, 0.4) is 0 Å². The maximum Gasteiger partial charge on any atom is 0.272 e. The number of aromatic nitrogens is 4. The van der Waals surface area contributed by atoms with Crippen LogP contribution in [-0.2, 0) is 7.05 Å². The quantitative estimate of drug-likeness (QED) is 0.663. The van der Waals surface area contributed by atoms with Gasteiger partial charge in [-0.25, -0.2) is 9.97 Å². The van der Waals surface area contributed by atoms with Crippen molar-refractivity contribution in [3.8, 4) is 11.3 Å². The van der Waals surface area contributed by atoms with Crippen LogP contribution in [0.2, 0.25) is 0 Å². The predicted molar refractivity (Wildman–Crippen MR) is 118 cm³/mol. The second-order valence-corrected chi connectivity index (χ2v) is 7.71. The Hall–Kier alpha value is -3.42. The Labute approximate surface area is 176 Å². The van der Waals surface area contributed by atoms with Crippen LogP contribution in [-0.4, -0.2) is 70.8 Å². The molecule has 0 aliphatic carbocycles. The molecule has 1 fully saturated rings. The molecule has 0 radical (unpaired) electrons. The summed E-state index contributed by atoms with van der Waals surface area (Å²) in [5, 5.41) is 4.53. The molecule has 0 N–H and O–H groups in total. The molecule has 1 aliphatic rings. The van der Waals surface area contributed by atoms with Crippen LogP contribution >= 0.6 is 0 Å². The van der Waals surface area contributed by atoms with E-state index in [1.165, 1.54) is 0 Å². The van der Waals surface area contributed by atoms with E-state index in [1.54, 1.807) is 4.68 Å². The van der Waals surface area contributed by atoms with E-state index in [-0.39, 0.29) is 5.91 Å². The molecule has 1 saturated heterocycles. The molecule has 4 rings (SSSR count). The Morgan fingerprint density at radius 1 is 1.00 bits per heavy atom. The second-order valence-electron chi connectivity index (χ2n) is 7.71. The number of carbonyl (C=O) groups is 1. The van der Waals surface area contributed by atoms with Crippen molar-refractivity contribution in [1.82, 2.24) is 24.6 Å². The van der Waals surface area contributed by atoms with Crippen molar-refractivity contribution in [2.45, 2.75) is 6.92 Å². The average molecular weight is 406 g/mol. The van der Waals surface area contributed by atoms with Crippen molar-refractivity contribution in [2.75, 3.05) is 50.1 Å². The van der Waals surface area contributed by atoms with E-state index >= 15 is 0 Å². The summed E-state index contributed by atoms with van der Waals surface area (Å²) in [6.45, 7) is 4.66. The van der Waals surface area contributed by atoms with Crippen LogP contribution in [0.5, 0.6) is 0 Å². The molecule has 1 amide bonds. The first kappa shape index (κ1) is 19.9. The van der Waals surface area contributed by atoms with Crippen LogP contribution in [0.15, 0.2) is 42.5 Å². The van der Waals surface area contributed by atoms with Gasteiger partial charge in [0.2, 0.25) is 0 Å². The molecule has 3 heterocycles. The maximum absolute atomic E-state index is 13.1. The third kappa shape index (κ3) is 3.98. The highest BCUT2D eigenvalue weighted by Crippen LogP contribution is 2.22. The highest BCUT2D eigenvalue weighted by molar-refractivity contribution is 5.94. The summed E-state index contributed by atoms with van der Waals surface area (Å²) in [5.41, 5.74) is 2.43. The van der Waals surface area contributed by atoms with E-state index in [4.69, 9.17) is 0 Å². The molecule has 0 saturated carbocycles. The lowest BCUT2D eigenvalue weighted by atomic mass is 10.1. The van der Waals surface area contributed by atoms with Crippen molar-refractivity contribution in [2.24, 2.45) is 7.05 Å². The van der Waals surface area contributed by atoms with E-state index < -0.39 is 0 Å². The van der Waals surface area contributed by atoms with E-state index in [0.717, 1.165) is 41.8 Å². The van der Waals surface area contributed by atoms with Gasteiger partial charge in [-0.05, 0) is 13.0 Å². The first-order chi connectivity index (χ1) is 14.4. The number of nitrogens with zero attached hydrogens (tertiary/aromatic N) is 7. The summed E-state index contributed by atoms with van der Waals surface area (Å²) in [5.74, 6) is 2.56. The number of amides is 1. The van der Waals surface area contributed by atoms with Gasteiger partial charge in [-0.2, -0.15) is 5.10 Å². The van der Waals surface area contributed by atoms with Crippen molar-refractivity contribution < 1.29 is 4.79 Å². The number of hydrogen-bond donors (Lipinski definition) is 0. The van der Waals surface area contributed by atoms with Crippen LogP contribution < -0.4 is 9.80 Å². The third-order valence-corrected chi connectivity index (χ3v) is 5.33. The topological polar surface area (TPSA) is 70.4 Å². The highest BCUT2D eigenvalue weighted by Gasteiger charge is 2.26. The molecule has 1 aliphatic heterocycles. The fourth-order valence-corrected chi connectivity index (χ4v) is 3.65. The Bertz CT molecular complexity index is 1040. The molecule has 8 heteroatoms. The summed E-state index contributed by atoms with van der Waals surface area (Å²) < 4.78 is 1.67. The van der Waals surface area contributed by atoms with Gasteiger partial charge in [0.25, 0.3) is 5.91 Å². The Morgan fingerprint density at radius 3 is 2.37 bits per heavy atom. The molecule has 0 unspecified atom stereocenters. The SMILES string of the molecule is Cc1nc(N(C)C)cc(N2CCN(C(=O)c3cc(-c4ccccc4)nn3C)CC2)n1. The zero-order valence-corrected chi connectivity index (χ0v) is 17.9. The van der Waals surface area contributed by atoms with Gasteiger partial charge in [0.05, 0.1) is 5.69 Å². The van der Waals surface area contributed by atoms with Crippen molar-refractivity contribution in [3.05, 3.63) is 54.0 Å². The Balaban J connectivity index is 1.46. The minimum atomic E-state index is 0.0136. The van der Waals surface area contributed by atoms with Crippen molar-refractivity contribution >= 4 is 17.5 Å². The second kappa shape index (κ2) is 8.14. The van der Waals surface area contributed by atoms with E-state index in [9.17, 15) is 4.79 Å². The molecule has 0 bridgehead atoms. The summed E-state index contributed by atoms with van der Waals surface area (Å²) >= 11 is 0. The van der Waals surface area contributed by atoms with E-state index in [1.807, 2.05) is 80.3 Å². The zero-order chi connectivity index (χ0) is 21.3. The third-order valence-electron chi connectivity index (χ3n) is 5.33. The fourth-order valence-electron chi connectivity index (χ4n) is 3.65. The molecule has 0 atom stereocenters. The Morgan fingerprint density at radius 2 is 1.70 bits per heavy atom. The van der Waals surface area contributed by atoms with Crippen LogP contribution in [0.4, 0.5) is 11.6 Å². The van der Waals surface area contributed by atoms with Gasteiger partial charge in [0.15, 0.2) is 0 Å². The molecule has 2 aromatic heterocycles. The normalized spacial score (nSPS) is 14.1. The standard InChI is InChI=1S/C22H27N7O/c1-16-23-20(26(2)3)15-21(24-16)28-10-12-29(13-11-28)22(30)19-14-18(25-27(19)4)17-8-6-5-7-9-17/h5-9,14-15H,10-13H2,1-4H3. The maximum atomic E-state index is 13.1. The number of carbonyl (C=O) groups excluding carboxylic acids is 1. The number of aryl methyl sites for hydroxylation is 2. The average Bonchev–Trinajstić information content (AvgIpc) is 3.15. The molecule has 0 spiro atoms. The van der Waals surface area contributed by atoms with Gasteiger partial charge in [-0.1, -0.05) is 30.3 Å². The molecule has 1 aromatic carbocycles. The Kier molecular flexibility index (Phi) is 5.39. The highest BCUT2D eigenvalue weighted by atomic mass is 16.2. The summed E-state index contributed by atoms with van der Waals surface area (Å²) in [6, 6.07) is 13.8. The summed E-state index contributed by atoms with van der Waals surface area (Å²) in [4.78, 5) is 28.3. The number of hydrogen-bond acceptors (Lipinski definition) is 6. The van der Waals surface area contributed by atoms with Gasteiger partial charge in [0.1, 0.15) is 23.2 Å². The van der Waals surface area contributed by atoms with Crippen LogP contribution in [0, 0.1) is 6.92 Å². The minimum Gasteiger partial charge on any atom is -0.363 e. The number of anilines is 2. The van der Waals surface area contributed by atoms with Gasteiger partial charge in [-0.15, -0.1) is 0 Å².